The molecule has 0 spiro atoms. The lowest BCUT2D eigenvalue weighted by molar-refractivity contribution is 1.32. The first-order valence-electron chi connectivity index (χ1n) is 16.5. The second-order valence-electron chi connectivity index (χ2n) is 12.2. The van der Waals surface area contributed by atoms with Crippen LogP contribution in [0.3, 0.4) is 0 Å². The van der Waals surface area contributed by atoms with E-state index in [0.29, 0.717) is 0 Å². The van der Waals surface area contributed by atoms with Crippen LogP contribution in [0, 0.1) is 0 Å². The molecule has 0 aliphatic heterocycles. The molecule has 0 amide bonds. The summed E-state index contributed by atoms with van der Waals surface area (Å²) in [5.41, 5.74) is 11.4. The van der Waals surface area contributed by atoms with Crippen molar-refractivity contribution in [2.75, 3.05) is 0 Å². The number of rotatable bonds is 5. The number of benzene rings is 8. The summed E-state index contributed by atoms with van der Waals surface area (Å²) in [6.45, 7) is 0. The zero-order valence-corrected chi connectivity index (χ0v) is 26.3. The van der Waals surface area contributed by atoms with E-state index < -0.39 is 0 Å². The number of hydrogen-bond acceptors (Lipinski definition) is 1. The van der Waals surface area contributed by atoms with Crippen LogP contribution in [0.2, 0.25) is 0 Å². The van der Waals surface area contributed by atoms with E-state index >= 15 is 0 Å². The van der Waals surface area contributed by atoms with Crippen molar-refractivity contribution in [2.45, 2.75) is 0 Å². The van der Waals surface area contributed by atoms with Crippen LogP contribution >= 0.6 is 0 Å². The maximum atomic E-state index is 5.28. The molecular formula is C47H31N. The average Bonchev–Trinajstić information content (AvgIpc) is 3.18. The van der Waals surface area contributed by atoms with Crippen LogP contribution in [-0.4, -0.2) is 4.98 Å². The van der Waals surface area contributed by atoms with E-state index in [1.54, 1.807) is 0 Å². The molecule has 224 valence electrons. The van der Waals surface area contributed by atoms with E-state index in [9.17, 15) is 0 Å². The lowest BCUT2D eigenvalue weighted by Gasteiger charge is -2.22. The summed E-state index contributed by atoms with van der Waals surface area (Å²) in [4.78, 5) is 5.28. The molecule has 1 aromatic heterocycles. The second-order valence-corrected chi connectivity index (χ2v) is 12.2. The smallest absolute Gasteiger partial charge is 0.0799 e. The van der Waals surface area contributed by atoms with Crippen molar-refractivity contribution in [1.82, 2.24) is 4.98 Å². The minimum Gasteiger partial charge on any atom is -0.256 e. The van der Waals surface area contributed by atoms with Crippen LogP contribution in [0.4, 0.5) is 0 Å². The minimum absolute atomic E-state index is 0.971. The molecule has 0 saturated carbocycles. The monoisotopic (exact) mass is 609 g/mol. The van der Waals surface area contributed by atoms with E-state index in [1.807, 2.05) is 6.20 Å². The largest absolute Gasteiger partial charge is 0.256 e. The molecule has 0 N–H and O–H groups in total. The zero-order chi connectivity index (χ0) is 31.9. The van der Waals surface area contributed by atoms with Crippen LogP contribution in [0.25, 0.3) is 88.1 Å². The van der Waals surface area contributed by atoms with E-state index in [-0.39, 0.29) is 0 Å². The van der Waals surface area contributed by atoms with Gasteiger partial charge in [0.2, 0.25) is 0 Å². The number of pyridine rings is 1. The summed E-state index contributed by atoms with van der Waals surface area (Å²) < 4.78 is 0. The third-order valence-electron chi connectivity index (χ3n) is 9.54. The highest BCUT2D eigenvalue weighted by molar-refractivity contribution is 6.29. The third-order valence-corrected chi connectivity index (χ3v) is 9.54. The van der Waals surface area contributed by atoms with Gasteiger partial charge in [-0.1, -0.05) is 176 Å². The van der Waals surface area contributed by atoms with Crippen LogP contribution in [-0.2, 0) is 0 Å². The number of nitrogens with zero attached hydrogens (tertiary/aromatic N) is 1. The Morgan fingerprint density at radius 2 is 0.688 bits per heavy atom. The lowest BCUT2D eigenvalue weighted by atomic mass is 9.82. The summed E-state index contributed by atoms with van der Waals surface area (Å²) in [6, 6.07) is 65.4. The summed E-state index contributed by atoms with van der Waals surface area (Å²) in [5.74, 6) is 0. The van der Waals surface area contributed by atoms with Crippen molar-refractivity contribution in [1.29, 1.82) is 0 Å². The molecule has 0 fully saturated rings. The van der Waals surface area contributed by atoms with Gasteiger partial charge in [0.25, 0.3) is 0 Å². The molecule has 0 atom stereocenters. The number of fused-ring (bicyclic) bond motifs is 6. The number of aromatic nitrogens is 1. The maximum Gasteiger partial charge on any atom is 0.0799 e. The molecule has 8 aromatic carbocycles. The molecule has 0 saturated heterocycles. The van der Waals surface area contributed by atoms with E-state index in [4.69, 9.17) is 4.98 Å². The normalized spacial score (nSPS) is 11.3. The van der Waals surface area contributed by atoms with Crippen molar-refractivity contribution in [3.8, 4) is 55.8 Å². The van der Waals surface area contributed by atoms with Gasteiger partial charge in [0.1, 0.15) is 0 Å². The summed E-state index contributed by atoms with van der Waals surface area (Å²) in [6.07, 6.45) is 1.97. The van der Waals surface area contributed by atoms with Crippen LogP contribution in [0.15, 0.2) is 188 Å². The van der Waals surface area contributed by atoms with Crippen molar-refractivity contribution >= 4 is 32.3 Å². The van der Waals surface area contributed by atoms with Crippen molar-refractivity contribution < 1.29 is 0 Å². The molecule has 9 aromatic rings. The van der Waals surface area contributed by atoms with Gasteiger partial charge in [-0.15, -0.1) is 0 Å². The SMILES string of the molecule is c1ccc(-c2cccc(-c3cccc4c5ccccc5c5ccccc5c34)c2-c2nccc(-c3ccccc3)c2-c2ccccc2)cc1. The van der Waals surface area contributed by atoms with Gasteiger partial charge in [-0.3, -0.25) is 4.98 Å². The molecule has 9 rings (SSSR count). The van der Waals surface area contributed by atoms with E-state index in [2.05, 4.69) is 182 Å². The Balaban J connectivity index is 1.45. The van der Waals surface area contributed by atoms with E-state index in [1.165, 1.54) is 43.4 Å². The van der Waals surface area contributed by atoms with E-state index in [0.717, 1.165) is 44.6 Å². The lowest BCUT2D eigenvalue weighted by Crippen LogP contribution is -1.98. The summed E-state index contributed by atoms with van der Waals surface area (Å²) in [5, 5.41) is 7.59. The predicted molar refractivity (Wildman–Crippen MR) is 204 cm³/mol. The maximum absolute atomic E-state index is 5.28. The molecule has 48 heavy (non-hydrogen) atoms. The predicted octanol–water partition coefficient (Wildman–Crippen LogP) is 12.9. The van der Waals surface area contributed by atoms with Gasteiger partial charge in [0.15, 0.2) is 0 Å². The fourth-order valence-corrected chi connectivity index (χ4v) is 7.48. The first kappa shape index (κ1) is 28.0. The van der Waals surface area contributed by atoms with Crippen LogP contribution in [0.1, 0.15) is 0 Å². The molecule has 0 unspecified atom stereocenters. The number of hydrogen-bond donors (Lipinski definition) is 0. The summed E-state index contributed by atoms with van der Waals surface area (Å²) >= 11 is 0. The van der Waals surface area contributed by atoms with Crippen LogP contribution < -0.4 is 0 Å². The van der Waals surface area contributed by atoms with Gasteiger partial charge in [-0.05, 0) is 77.3 Å². The van der Waals surface area contributed by atoms with Gasteiger partial charge >= 0.3 is 0 Å². The molecule has 1 heterocycles. The van der Waals surface area contributed by atoms with Gasteiger partial charge < -0.3 is 0 Å². The first-order chi connectivity index (χ1) is 23.9. The van der Waals surface area contributed by atoms with Crippen LogP contribution in [0.5, 0.6) is 0 Å². The average molecular weight is 610 g/mol. The third kappa shape index (κ3) is 4.60. The second kappa shape index (κ2) is 11.8. The molecule has 1 nitrogen and oxygen atoms in total. The topological polar surface area (TPSA) is 12.9 Å². The molecule has 0 bridgehead atoms. The molecule has 1 heteroatoms. The van der Waals surface area contributed by atoms with Crippen molar-refractivity contribution in [2.24, 2.45) is 0 Å². The Labute approximate surface area is 280 Å². The van der Waals surface area contributed by atoms with Gasteiger partial charge in [0, 0.05) is 17.3 Å². The standard InChI is InChI=1S/C47H31N/c1-4-16-32(17-5-1)35-26-14-29-43(42-28-15-27-41-39-23-11-10-22-37(39)38-24-12-13-25-40(38)45(41)42)46(35)47-44(34-20-8-3-9-21-34)36(30-31-48-47)33-18-6-2-7-19-33/h1-31H. The molecule has 0 radical (unpaired) electrons. The highest BCUT2D eigenvalue weighted by Crippen LogP contribution is 2.48. The summed E-state index contributed by atoms with van der Waals surface area (Å²) in [7, 11) is 0. The van der Waals surface area contributed by atoms with Gasteiger partial charge in [-0.25, -0.2) is 0 Å². The highest BCUT2D eigenvalue weighted by atomic mass is 14.7. The fraction of sp³-hybridized carbons (Fsp3) is 0. The Morgan fingerprint density at radius 1 is 0.271 bits per heavy atom. The Bertz CT molecular complexity index is 2540. The van der Waals surface area contributed by atoms with Gasteiger partial charge in [-0.2, -0.15) is 0 Å². The molecular weight excluding hydrogens is 579 g/mol. The zero-order valence-electron chi connectivity index (χ0n) is 26.3. The molecule has 0 aliphatic carbocycles. The van der Waals surface area contributed by atoms with Gasteiger partial charge in [0.05, 0.1) is 5.69 Å². The first-order valence-corrected chi connectivity index (χ1v) is 16.5. The molecule has 0 aliphatic rings. The minimum atomic E-state index is 0.971. The Morgan fingerprint density at radius 3 is 1.29 bits per heavy atom. The van der Waals surface area contributed by atoms with Crippen molar-refractivity contribution in [3.05, 3.63) is 188 Å². The van der Waals surface area contributed by atoms with Crippen molar-refractivity contribution in [3.63, 3.8) is 0 Å². The Kier molecular flexibility index (Phi) is 6.87. The highest BCUT2D eigenvalue weighted by Gasteiger charge is 2.23. The Hall–Kier alpha value is -6.31. The quantitative estimate of drug-likeness (QED) is 0.177. The fourth-order valence-electron chi connectivity index (χ4n) is 7.48.